The molecule has 0 aromatic heterocycles. The van der Waals surface area contributed by atoms with Crippen LogP contribution in [0.2, 0.25) is 0 Å². The van der Waals surface area contributed by atoms with Gasteiger partial charge in [0.05, 0.1) is 0 Å². The fourth-order valence-corrected chi connectivity index (χ4v) is 2.49. The zero-order valence-corrected chi connectivity index (χ0v) is 13.8. The number of hydrogen-bond acceptors (Lipinski definition) is 2. The molecule has 0 fully saturated rings. The number of halogens is 1. The molecule has 0 saturated heterocycles. The number of hydrogen-bond donors (Lipinski definition) is 2. The van der Waals surface area contributed by atoms with E-state index in [2.05, 4.69) is 45.6 Å². The van der Waals surface area contributed by atoms with E-state index in [0.29, 0.717) is 0 Å². The van der Waals surface area contributed by atoms with Gasteiger partial charge in [-0.3, -0.25) is 4.79 Å². The van der Waals surface area contributed by atoms with Crippen molar-refractivity contribution in [2.75, 3.05) is 5.32 Å². The molecule has 2 aromatic carbocycles. The zero-order valence-electron chi connectivity index (χ0n) is 12.2. The van der Waals surface area contributed by atoms with E-state index in [1.807, 2.05) is 36.4 Å². The Morgan fingerprint density at radius 1 is 1.19 bits per heavy atom. The van der Waals surface area contributed by atoms with Gasteiger partial charge in [0.15, 0.2) is 0 Å². The molecule has 0 heterocycles. The van der Waals surface area contributed by atoms with Gasteiger partial charge in [-0.25, -0.2) is 0 Å². The van der Waals surface area contributed by atoms with E-state index in [-0.39, 0.29) is 11.9 Å². The van der Waals surface area contributed by atoms with Crippen LogP contribution in [0.25, 0.3) is 0 Å². The minimum Gasteiger partial charge on any atom is -0.326 e. The van der Waals surface area contributed by atoms with Gasteiger partial charge < -0.3 is 10.6 Å². The van der Waals surface area contributed by atoms with Crippen molar-refractivity contribution in [3.63, 3.8) is 0 Å². The van der Waals surface area contributed by atoms with Crippen molar-refractivity contribution in [3.05, 3.63) is 64.1 Å². The second-order valence-corrected chi connectivity index (χ2v) is 5.95. The van der Waals surface area contributed by atoms with Crippen molar-refractivity contribution in [1.82, 2.24) is 5.32 Å². The van der Waals surface area contributed by atoms with Crippen LogP contribution in [0.4, 0.5) is 5.69 Å². The van der Waals surface area contributed by atoms with Crippen molar-refractivity contribution in [2.24, 2.45) is 0 Å². The highest BCUT2D eigenvalue weighted by molar-refractivity contribution is 9.10. The molecule has 0 aliphatic heterocycles. The van der Waals surface area contributed by atoms with E-state index in [9.17, 15) is 4.79 Å². The number of nitrogens with one attached hydrogen (secondary N) is 2. The lowest BCUT2D eigenvalue weighted by atomic mass is 10.1. The maximum absolute atomic E-state index is 11.0. The molecule has 2 N–H and O–H groups in total. The third kappa shape index (κ3) is 4.99. The molecule has 3 nitrogen and oxygen atoms in total. The van der Waals surface area contributed by atoms with Gasteiger partial charge in [0, 0.05) is 29.7 Å². The van der Waals surface area contributed by atoms with Crippen molar-refractivity contribution in [2.45, 2.75) is 26.4 Å². The highest BCUT2D eigenvalue weighted by atomic mass is 79.9. The average molecular weight is 347 g/mol. The fraction of sp³-hybridized carbons (Fsp3) is 0.235. The normalized spacial score (nSPS) is 12.0. The summed E-state index contributed by atoms with van der Waals surface area (Å²) in [6.45, 7) is 4.44. The first kappa shape index (κ1) is 15.7. The Labute approximate surface area is 133 Å². The minimum atomic E-state index is -0.0517. The number of carbonyl (C=O) groups is 1. The van der Waals surface area contributed by atoms with Crippen LogP contribution in [0.15, 0.2) is 53.0 Å². The molecular formula is C17H19BrN2O. The Bertz CT molecular complexity index is 610. The van der Waals surface area contributed by atoms with Gasteiger partial charge in [-0.1, -0.05) is 40.2 Å². The van der Waals surface area contributed by atoms with Crippen molar-refractivity contribution in [1.29, 1.82) is 0 Å². The number of rotatable bonds is 5. The van der Waals surface area contributed by atoms with E-state index in [1.165, 1.54) is 18.1 Å². The summed E-state index contributed by atoms with van der Waals surface area (Å²) < 4.78 is 1.09. The Morgan fingerprint density at radius 2 is 1.90 bits per heavy atom. The standard InChI is InChI=1S/C17H19BrN2O/c1-12(15-4-3-5-16(18)10-15)19-11-14-6-8-17(9-7-14)20-13(2)21/h3-10,12,19H,11H2,1-2H3,(H,20,21)/t12-/m1/s1. The molecule has 2 rings (SSSR count). The summed E-state index contributed by atoms with van der Waals surface area (Å²) in [5, 5.41) is 6.26. The Hall–Kier alpha value is -1.65. The Kier molecular flexibility index (Phi) is 5.53. The molecule has 0 spiro atoms. The first-order valence-corrected chi connectivity index (χ1v) is 7.69. The van der Waals surface area contributed by atoms with Crippen molar-refractivity contribution in [3.8, 4) is 0 Å². The topological polar surface area (TPSA) is 41.1 Å². The van der Waals surface area contributed by atoms with Gasteiger partial charge in [0.2, 0.25) is 5.91 Å². The van der Waals surface area contributed by atoms with E-state index in [0.717, 1.165) is 16.7 Å². The minimum absolute atomic E-state index is 0.0517. The molecule has 4 heteroatoms. The molecule has 1 atom stereocenters. The lowest BCUT2D eigenvalue weighted by Gasteiger charge is -2.15. The zero-order chi connectivity index (χ0) is 15.2. The molecule has 21 heavy (non-hydrogen) atoms. The van der Waals surface area contributed by atoms with Gasteiger partial charge in [0.25, 0.3) is 0 Å². The van der Waals surface area contributed by atoms with Gasteiger partial charge in [-0.05, 0) is 42.3 Å². The van der Waals surface area contributed by atoms with Crippen molar-refractivity contribution >= 4 is 27.5 Å². The molecule has 0 unspecified atom stereocenters. The van der Waals surface area contributed by atoms with Gasteiger partial charge in [0.1, 0.15) is 0 Å². The second-order valence-electron chi connectivity index (χ2n) is 5.04. The first-order valence-electron chi connectivity index (χ1n) is 6.90. The van der Waals surface area contributed by atoms with Gasteiger partial charge in [-0.2, -0.15) is 0 Å². The molecular weight excluding hydrogens is 328 g/mol. The molecule has 0 radical (unpaired) electrons. The van der Waals surface area contributed by atoms with E-state index < -0.39 is 0 Å². The largest absolute Gasteiger partial charge is 0.326 e. The van der Waals surface area contributed by atoms with Crippen LogP contribution in [0.3, 0.4) is 0 Å². The van der Waals surface area contributed by atoms with Crippen LogP contribution in [-0.4, -0.2) is 5.91 Å². The third-order valence-corrected chi connectivity index (χ3v) is 3.73. The fourth-order valence-electron chi connectivity index (χ4n) is 2.07. The number of anilines is 1. The maximum Gasteiger partial charge on any atom is 0.221 e. The number of benzene rings is 2. The monoisotopic (exact) mass is 346 g/mol. The van der Waals surface area contributed by atoms with E-state index in [4.69, 9.17) is 0 Å². The summed E-state index contributed by atoms with van der Waals surface area (Å²) in [4.78, 5) is 11.0. The lowest BCUT2D eigenvalue weighted by Crippen LogP contribution is -2.18. The van der Waals surface area contributed by atoms with Crippen LogP contribution >= 0.6 is 15.9 Å². The average Bonchev–Trinajstić information content (AvgIpc) is 2.45. The first-order chi connectivity index (χ1) is 10.0. The second kappa shape index (κ2) is 7.38. The highest BCUT2D eigenvalue weighted by Gasteiger charge is 2.05. The van der Waals surface area contributed by atoms with Crippen LogP contribution < -0.4 is 10.6 Å². The number of amides is 1. The summed E-state index contributed by atoms with van der Waals surface area (Å²) in [5.41, 5.74) is 3.26. The maximum atomic E-state index is 11.0. The molecule has 110 valence electrons. The van der Waals surface area contributed by atoms with Crippen LogP contribution in [0.1, 0.15) is 31.0 Å². The number of carbonyl (C=O) groups excluding carboxylic acids is 1. The Balaban J connectivity index is 1.92. The summed E-state index contributed by atoms with van der Waals surface area (Å²) in [7, 11) is 0. The molecule has 0 aliphatic rings. The van der Waals surface area contributed by atoms with Crippen LogP contribution in [-0.2, 0) is 11.3 Å². The lowest BCUT2D eigenvalue weighted by molar-refractivity contribution is -0.114. The molecule has 0 saturated carbocycles. The SMILES string of the molecule is CC(=O)Nc1ccc(CN[C@H](C)c2cccc(Br)c2)cc1. The van der Waals surface area contributed by atoms with Crippen molar-refractivity contribution < 1.29 is 4.79 Å². The summed E-state index contributed by atoms with van der Waals surface area (Å²) in [6.07, 6.45) is 0. The smallest absolute Gasteiger partial charge is 0.221 e. The predicted octanol–water partition coefficient (Wildman–Crippen LogP) is 4.26. The quantitative estimate of drug-likeness (QED) is 0.849. The van der Waals surface area contributed by atoms with E-state index in [1.54, 1.807) is 0 Å². The van der Waals surface area contributed by atoms with Gasteiger partial charge >= 0.3 is 0 Å². The van der Waals surface area contributed by atoms with Crippen LogP contribution in [0, 0.1) is 0 Å². The molecule has 0 aliphatic carbocycles. The Morgan fingerprint density at radius 3 is 2.52 bits per heavy atom. The van der Waals surface area contributed by atoms with Crippen LogP contribution in [0.5, 0.6) is 0 Å². The summed E-state index contributed by atoms with van der Waals surface area (Å²) >= 11 is 3.49. The summed E-state index contributed by atoms with van der Waals surface area (Å²) in [6, 6.07) is 16.5. The molecule has 0 bridgehead atoms. The molecule has 1 amide bonds. The predicted molar refractivity (Wildman–Crippen MR) is 90.1 cm³/mol. The molecule has 2 aromatic rings. The summed E-state index contributed by atoms with van der Waals surface area (Å²) in [5.74, 6) is -0.0517. The third-order valence-electron chi connectivity index (χ3n) is 3.24. The highest BCUT2D eigenvalue weighted by Crippen LogP contribution is 2.18. The van der Waals surface area contributed by atoms with Gasteiger partial charge in [-0.15, -0.1) is 0 Å². The van der Waals surface area contributed by atoms with E-state index >= 15 is 0 Å².